The van der Waals surface area contributed by atoms with E-state index in [1.54, 1.807) is 52.8 Å². The van der Waals surface area contributed by atoms with Crippen molar-refractivity contribution in [3.8, 4) is 16.8 Å². The molecule has 0 unspecified atom stereocenters. The van der Waals surface area contributed by atoms with E-state index >= 15 is 0 Å². The Kier molecular flexibility index (Phi) is 4.75. The molecule has 3 heterocycles. The molecule has 0 aliphatic heterocycles. The highest BCUT2D eigenvalue weighted by Gasteiger charge is 2.33. The molecule has 0 saturated heterocycles. The van der Waals surface area contributed by atoms with Gasteiger partial charge in [0.2, 0.25) is 5.62 Å². The number of aryl methyl sites for hydroxylation is 2. The lowest BCUT2D eigenvalue weighted by Gasteiger charge is -2.12. The first-order valence-corrected chi connectivity index (χ1v) is 10.2. The van der Waals surface area contributed by atoms with Gasteiger partial charge in [0.1, 0.15) is 6.33 Å². The van der Waals surface area contributed by atoms with Gasteiger partial charge < -0.3 is 4.57 Å². The number of alkyl halides is 3. The van der Waals surface area contributed by atoms with Crippen molar-refractivity contribution in [3.63, 3.8) is 0 Å². The first kappa shape index (κ1) is 21.1. The highest BCUT2D eigenvalue weighted by atomic mass is 35.5. The molecule has 0 amide bonds. The summed E-state index contributed by atoms with van der Waals surface area (Å²) < 4.78 is 43.6. The average molecular weight is 469 g/mol. The summed E-state index contributed by atoms with van der Waals surface area (Å²) in [5.74, 6) is 0. The van der Waals surface area contributed by atoms with E-state index in [1.165, 1.54) is 12.4 Å². The quantitative estimate of drug-likeness (QED) is 0.375. The molecule has 5 aromatic rings. The van der Waals surface area contributed by atoms with Crippen molar-refractivity contribution >= 4 is 33.5 Å². The van der Waals surface area contributed by atoms with Gasteiger partial charge in [-0.1, -0.05) is 23.7 Å². The molecule has 33 heavy (non-hydrogen) atoms. The van der Waals surface area contributed by atoms with E-state index in [0.717, 1.165) is 6.07 Å². The van der Waals surface area contributed by atoms with Gasteiger partial charge in [-0.15, -0.1) is 0 Å². The molecule has 3 aromatic heterocycles. The maximum atomic E-state index is 13.4. The molecule has 1 N–H and O–H groups in total. The standard InChI is InChI=1S/C23H16ClF3N6/c1-12-19(9-29-11-31-12)33-21-15-7-13(14-3-5-17(24)16(8-14)23(25,26)27)4-6-18(15)30-10-20(21)32(2)22(33)28/h3-11,28H,1-2H3. The smallest absolute Gasteiger partial charge is 0.312 e. The lowest BCUT2D eigenvalue weighted by atomic mass is 10.0. The maximum Gasteiger partial charge on any atom is 0.417 e. The van der Waals surface area contributed by atoms with Gasteiger partial charge in [-0.05, 0) is 42.3 Å². The van der Waals surface area contributed by atoms with Crippen LogP contribution in [0.3, 0.4) is 0 Å². The van der Waals surface area contributed by atoms with Crippen LogP contribution in [0.1, 0.15) is 11.3 Å². The van der Waals surface area contributed by atoms with Crippen LogP contribution in [0.15, 0.2) is 55.1 Å². The SMILES string of the molecule is Cc1ncncc1-n1c(=N)n(C)c2cnc3ccc(-c4ccc(Cl)c(C(F)(F)F)c4)cc3c21. The fraction of sp³-hybridized carbons (Fsp3) is 0.130. The van der Waals surface area contributed by atoms with Gasteiger partial charge in [-0.2, -0.15) is 13.2 Å². The molecule has 0 aliphatic carbocycles. The second kappa shape index (κ2) is 7.41. The third-order valence-electron chi connectivity index (χ3n) is 5.67. The number of imidazole rings is 1. The van der Waals surface area contributed by atoms with E-state index in [4.69, 9.17) is 17.0 Å². The molecule has 5 rings (SSSR count). The summed E-state index contributed by atoms with van der Waals surface area (Å²) in [6, 6.07) is 9.09. The Bertz CT molecular complexity index is 1620. The molecule has 0 atom stereocenters. The van der Waals surface area contributed by atoms with Gasteiger partial charge in [-0.3, -0.25) is 15.0 Å². The minimum atomic E-state index is -4.56. The predicted octanol–water partition coefficient (Wildman–Crippen LogP) is 5.43. The van der Waals surface area contributed by atoms with Crippen molar-refractivity contribution in [1.29, 1.82) is 5.41 Å². The number of pyridine rings is 1. The normalized spacial score (nSPS) is 12.1. The van der Waals surface area contributed by atoms with E-state index in [0.29, 0.717) is 44.4 Å². The molecule has 166 valence electrons. The van der Waals surface area contributed by atoms with Crippen LogP contribution in [0, 0.1) is 12.3 Å². The van der Waals surface area contributed by atoms with Crippen LogP contribution in [0.5, 0.6) is 0 Å². The minimum absolute atomic E-state index is 0.188. The number of rotatable bonds is 2. The summed E-state index contributed by atoms with van der Waals surface area (Å²) in [5, 5.41) is 9.01. The molecule has 6 nitrogen and oxygen atoms in total. The van der Waals surface area contributed by atoms with E-state index in [1.807, 2.05) is 6.92 Å². The summed E-state index contributed by atoms with van der Waals surface area (Å²) in [6.45, 7) is 1.82. The number of nitrogens with one attached hydrogen (secondary N) is 1. The van der Waals surface area contributed by atoms with E-state index in [9.17, 15) is 13.2 Å². The largest absolute Gasteiger partial charge is 0.417 e. The van der Waals surface area contributed by atoms with Gasteiger partial charge >= 0.3 is 6.18 Å². The lowest BCUT2D eigenvalue weighted by Crippen LogP contribution is -2.22. The Balaban J connectivity index is 1.84. The Hall–Kier alpha value is -3.72. The fourth-order valence-electron chi connectivity index (χ4n) is 3.96. The van der Waals surface area contributed by atoms with Gasteiger partial charge in [0.25, 0.3) is 0 Å². The molecule has 0 fully saturated rings. The number of benzene rings is 2. The molecule has 0 spiro atoms. The number of hydrogen-bond donors (Lipinski definition) is 1. The topological polar surface area (TPSA) is 72.4 Å². The van der Waals surface area contributed by atoms with Crippen LogP contribution >= 0.6 is 11.6 Å². The van der Waals surface area contributed by atoms with Gasteiger partial charge in [0, 0.05) is 12.4 Å². The van der Waals surface area contributed by atoms with Gasteiger partial charge in [0.05, 0.1) is 50.9 Å². The first-order valence-electron chi connectivity index (χ1n) is 9.85. The molecule has 0 radical (unpaired) electrons. The molecule has 2 aromatic carbocycles. The van der Waals surface area contributed by atoms with Crippen molar-refractivity contribution < 1.29 is 13.2 Å². The maximum absolute atomic E-state index is 13.4. The van der Waals surface area contributed by atoms with Crippen molar-refractivity contribution in [1.82, 2.24) is 24.1 Å². The summed E-state index contributed by atoms with van der Waals surface area (Å²) >= 11 is 5.80. The highest BCUT2D eigenvalue weighted by Crippen LogP contribution is 2.38. The molecular weight excluding hydrogens is 453 g/mol. The summed E-state index contributed by atoms with van der Waals surface area (Å²) in [7, 11) is 1.76. The molecule has 0 bridgehead atoms. The molecule has 10 heteroatoms. The van der Waals surface area contributed by atoms with Crippen LogP contribution in [0.4, 0.5) is 13.2 Å². The zero-order chi connectivity index (χ0) is 23.5. The summed E-state index contributed by atoms with van der Waals surface area (Å²) in [5.41, 5.74) is 3.59. The van der Waals surface area contributed by atoms with Crippen LogP contribution in [-0.2, 0) is 13.2 Å². The van der Waals surface area contributed by atoms with Crippen molar-refractivity contribution in [3.05, 3.63) is 77.0 Å². The van der Waals surface area contributed by atoms with Gasteiger partial charge in [-0.25, -0.2) is 9.97 Å². The van der Waals surface area contributed by atoms with Crippen LogP contribution < -0.4 is 5.62 Å². The summed E-state index contributed by atoms with van der Waals surface area (Å²) in [6.07, 6.45) is 0.177. The Labute approximate surface area is 190 Å². The first-order chi connectivity index (χ1) is 15.7. The molecular formula is C23H16ClF3N6. The Morgan fingerprint density at radius 3 is 2.45 bits per heavy atom. The van der Waals surface area contributed by atoms with Crippen LogP contribution in [0.25, 0.3) is 38.8 Å². The second-order valence-corrected chi connectivity index (χ2v) is 8.03. The second-order valence-electron chi connectivity index (χ2n) is 7.63. The summed E-state index contributed by atoms with van der Waals surface area (Å²) in [4.78, 5) is 12.8. The third-order valence-corrected chi connectivity index (χ3v) is 6.00. The third kappa shape index (κ3) is 3.36. The monoisotopic (exact) mass is 468 g/mol. The van der Waals surface area contributed by atoms with Crippen LogP contribution in [0.2, 0.25) is 5.02 Å². The molecule has 0 aliphatic rings. The van der Waals surface area contributed by atoms with E-state index in [2.05, 4.69) is 15.0 Å². The zero-order valence-corrected chi connectivity index (χ0v) is 18.2. The Morgan fingerprint density at radius 1 is 1.00 bits per heavy atom. The van der Waals surface area contributed by atoms with Crippen molar-refractivity contribution in [2.75, 3.05) is 0 Å². The predicted molar refractivity (Wildman–Crippen MR) is 119 cm³/mol. The van der Waals surface area contributed by atoms with Crippen LogP contribution in [-0.4, -0.2) is 24.1 Å². The minimum Gasteiger partial charge on any atom is -0.312 e. The van der Waals surface area contributed by atoms with Crippen molar-refractivity contribution in [2.45, 2.75) is 13.1 Å². The fourth-order valence-corrected chi connectivity index (χ4v) is 4.18. The number of hydrogen-bond acceptors (Lipinski definition) is 4. The van der Waals surface area contributed by atoms with E-state index in [-0.39, 0.29) is 10.6 Å². The lowest BCUT2D eigenvalue weighted by molar-refractivity contribution is -0.137. The zero-order valence-electron chi connectivity index (χ0n) is 17.4. The number of halogens is 4. The number of fused-ring (bicyclic) bond motifs is 3. The highest BCUT2D eigenvalue weighted by molar-refractivity contribution is 6.31. The van der Waals surface area contributed by atoms with E-state index < -0.39 is 11.7 Å². The number of aromatic nitrogens is 5. The van der Waals surface area contributed by atoms with Gasteiger partial charge in [0.15, 0.2) is 0 Å². The van der Waals surface area contributed by atoms with Crippen molar-refractivity contribution in [2.24, 2.45) is 7.05 Å². The Morgan fingerprint density at radius 2 is 1.73 bits per heavy atom. The molecule has 0 saturated carbocycles. The number of nitrogens with zero attached hydrogens (tertiary/aromatic N) is 5. The average Bonchev–Trinajstić information content (AvgIpc) is 3.04.